The molecule has 0 fully saturated rings. The molecule has 1 atom stereocenters. The van der Waals surface area contributed by atoms with E-state index in [0.717, 1.165) is 27.1 Å². The Morgan fingerprint density at radius 3 is 2.29 bits per heavy atom. The second kappa shape index (κ2) is 8.51. The number of aliphatic hydroxyl groups excluding tert-OH is 1. The second-order valence-corrected chi connectivity index (χ2v) is 10.5. The number of carbonyl (C=O) groups is 3. The number of hydrogen-bond donors (Lipinski definition) is 1. The van der Waals surface area contributed by atoms with Gasteiger partial charge in [-0.05, 0) is 37.1 Å². The SMILES string of the molecule is CC(=O)c1sc(N2C(=O)C(O)=C(C(=O)c3sc(C)nc3C)C2c2cccc3ccccc23)nc1C. The largest absolute Gasteiger partial charge is 0.503 e. The minimum absolute atomic E-state index is 0.0182. The van der Waals surface area contributed by atoms with Crippen LogP contribution in [0.2, 0.25) is 0 Å². The van der Waals surface area contributed by atoms with Crippen LogP contribution in [0, 0.1) is 20.8 Å². The highest BCUT2D eigenvalue weighted by Crippen LogP contribution is 2.46. The first-order valence-electron chi connectivity index (χ1n) is 10.9. The van der Waals surface area contributed by atoms with Gasteiger partial charge < -0.3 is 5.11 Å². The van der Waals surface area contributed by atoms with E-state index >= 15 is 0 Å². The summed E-state index contributed by atoms with van der Waals surface area (Å²) in [6.45, 7) is 6.68. The summed E-state index contributed by atoms with van der Waals surface area (Å²) in [7, 11) is 0. The average Bonchev–Trinajstić information content (AvgIpc) is 3.46. The molecule has 35 heavy (non-hydrogen) atoms. The molecular formula is C26H21N3O4S2. The molecule has 5 rings (SSSR count). The van der Waals surface area contributed by atoms with Crippen molar-refractivity contribution >= 4 is 56.1 Å². The van der Waals surface area contributed by atoms with E-state index in [1.807, 2.05) is 42.5 Å². The fraction of sp³-hybridized carbons (Fsp3) is 0.192. The number of hydrogen-bond acceptors (Lipinski definition) is 8. The third kappa shape index (κ3) is 3.67. The zero-order chi connectivity index (χ0) is 25.0. The smallest absolute Gasteiger partial charge is 0.296 e. The van der Waals surface area contributed by atoms with Crippen molar-refractivity contribution in [3.63, 3.8) is 0 Å². The molecule has 0 saturated heterocycles. The molecule has 2 aromatic heterocycles. The van der Waals surface area contributed by atoms with Gasteiger partial charge in [-0.25, -0.2) is 9.97 Å². The Morgan fingerprint density at radius 2 is 1.63 bits per heavy atom. The average molecular weight is 504 g/mol. The maximum Gasteiger partial charge on any atom is 0.296 e. The van der Waals surface area contributed by atoms with Gasteiger partial charge in [0, 0.05) is 6.92 Å². The maximum atomic E-state index is 13.8. The number of Topliss-reactive ketones (excluding diaryl/α,β-unsaturated/α-hetero) is 2. The number of nitrogens with zero attached hydrogens (tertiary/aromatic N) is 3. The summed E-state index contributed by atoms with van der Waals surface area (Å²) in [6.07, 6.45) is 0. The van der Waals surface area contributed by atoms with Crippen molar-refractivity contribution in [2.24, 2.45) is 0 Å². The lowest BCUT2D eigenvalue weighted by atomic mass is 9.91. The van der Waals surface area contributed by atoms with Crippen LogP contribution in [0.25, 0.3) is 10.8 Å². The second-order valence-electron chi connectivity index (χ2n) is 8.35. The lowest BCUT2D eigenvalue weighted by Crippen LogP contribution is -2.31. The molecule has 0 radical (unpaired) electrons. The van der Waals surface area contributed by atoms with Gasteiger partial charge in [0.25, 0.3) is 5.91 Å². The summed E-state index contributed by atoms with van der Waals surface area (Å²) < 4.78 is 0. The number of fused-ring (bicyclic) bond motifs is 1. The zero-order valence-corrected chi connectivity index (χ0v) is 21.1. The van der Waals surface area contributed by atoms with Crippen LogP contribution < -0.4 is 4.90 Å². The van der Waals surface area contributed by atoms with E-state index in [9.17, 15) is 19.5 Å². The van der Waals surface area contributed by atoms with Crippen molar-refractivity contribution in [1.29, 1.82) is 0 Å². The summed E-state index contributed by atoms with van der Waals surface area (Å²) in [5.74, 6) is -1.95. The molecule has 0 saturated carbocycles. The van der Waals surface area contributed by atoms with Crippen molar-refractivity contribution in [2.75, 3.05) is 4.90 Å². The van der Waals surface area contributed by atoms with E-state index in [1.54, 1.807) is 20.8 Å². The number of aliphatic hydroxyl groups is 1. The van der Waals surface area contributed by atoms with Crippen LogP contribution in [0.1, 0.15) is 54.3 Å². The van der Waals surface area contributed by atoms with Crippen LogP contribution in [0.15, 0.2) is 53.8 Å². The third-order valence-electron chi connectivity index (χ3n) is 5.99. The van der Waals surface area contributed by atoms with Gasteiger partial charge in [-0.3, -0.25) is 19.3 Å². The topological polar surface area (TPSA) is 100 Å². The Morgan fingerprint density at radius 1 is 0.943 bits per heavy atom. The van der Waals surface area contributed by atoms with Crippen molar-refractivity contribution in [1.82, 2.24) is 9.97 Å². The zero-order valence-electron chi connectivity index (χ0n) is 19.4. The summed E-state index contributed by atoms with van der Waals surface area (Å²) in [6, 6.07) is 12.4. The molecule has 3 heterocycles. The molecule has 1 aliphatic heterocycles. The molecule has 1 aliphatic rings. The fourth-order valence-corrected chi connectivity index (χ4v) is 6.36. The molecule has 1 N–H and O–H groups in total. The number of benzene rings is 2. The van der Waals surface area contributed by atoms with E-state index in [-0.39, 0.29) is 16.5 Å². The van der Waals surface area contributed by atoms with Crippen molar-refractivity contribution in [3.05, 3.63) is 85.5 Å². The molecule has 1 unspecified atom stereocenters. The van der Waals surface area contributed by atoms with E-state index in [2.05, 4.69) is 9.97 Å². The van der Waals surface area contributed by atoms with Crippen molar-refractivity contribution in [2.45, 2.75) is 33.7 Å². The Kier molecular flexibility index (Phi) is 5.61. The first-order valence-corrected chi connectivity index (χ1v) is 12.5. The molecule has 1 amide bonds. The van der Waals surface area contributed by atoms with Crippen molar-refractivity contribution < 1.29 is 19.5 Å². The van der Waals surface area contributed by atoms with E-state index < -0.39 is 23.5 Å². The number of rotatable bonds is 5. The van der Waals surface area contributed by atoms with E-state index in [0.29, 0.717) is 26.7 Å². The highest BCUT2D eigenvalue weighted by atomic mass is 32.1. The molecule has 0 spiro atoms. The summed E-state index contributed by atoms with van der Waals surface area (Å²) >= 11 is 2.30. The Hall–Kier alpha value is -3.69. The quantitative estimate of drug-likeness (QED) is 0.353. The van der Waals surface area contributed by atoms with Gasteiger partial charge in [0.2, 0.25) is 5.78 Å². The standard InChI is InChI=1S/C26H21N3O4S2/c1-12-23(14(3)30)35-26(28-12)29-20(18-11-7-9-16-8-5-6-10-17(16)18)19(22(32)25(29)33)21(31)24-13(2)27-15(4)34-24/h5-11,20,32H,1-4H3. The molecular weight excluding hydrogens is 482 g/mol. The van der Waals surface area contributed by atoms with Crippen LogP contribution in [0.3, 0.4) is 0 Å². The number of thiazole rings is 2. The minimum atomic E-state index is -0.923. The Balaban J connectivity index is 1.77. The van der Waals surface area contributed by atoms with Gasteiger partial charge in [-0.2, -0.15) is 0 Å². The minimum Gasteiger partial charge on any atom is -0.503 e. The maximum absolute atomic E-state index is 13.8. The molecule has 0 bridgehead atoms. The fourth-order valence-electron chi connectivity index (χ4n) is 4.49. The number of aromatic nitrogens is 2. The number of anilines is 1. The van der Waals surface area contributed by atoms with Crippen LogP contribution >= 0.6 is 22.7 Å². The van der Waals surface area contributed by atoms with Gasteiger partial charge in [-0.15, -0.1) is 11.3 Å². The summed E-state index contributed by atoms with van der Waals surface area (Å²) in [5.41, 5.74) is 1.70. The Labute approximate surface area is 209 Å². The van der Waals surface area contributed by atoms with Gasteiger partial charge >= 0.3 is 0 Å². The van der Waals surface area contributed by atoms with Gasteiger partial charge in [0.05, 0.1) is 37.8 Å². The van der Waals surface area contributed by atoms with Crippen molar-refractivity contribution in [3.8, 4) is 0 Å². The lowest BCUT2D eigenvalue weighted by molar-refractivity contribution is -0.117. The van der Waals surface area contributed by atoms with Crippen LogP contribution in [0.4, 0.5) is 5.13 Å². The molecule has 0 aliphatic carbocycles. The molecule has 2 aromatic carbocycles. The first kappa shape index (κ1) is 23.1. The molecule has 9 heteroatoms. The molecule has 176 valence electrons. The predicted molar refractivity (Wildman–Crippen MR) is 137 cm³/mol. The monoisotopic (exact) mass is 503 g/mol. The lowest BCUT2D eigenvalue weighted by Gasteiger charge is -2.25. The predicted octanol–water partition coefficient (Wildman–Crippen LogP) is 5.66. The number of aryl methyl sites for hydroxylation is 3. The van der Waals surface area contributed by atoms with E-state index in [1.165, 1.54) is 23.2 Å². The molecule has 4 aromatic rings. The van der Waals surface area contributed by atoms with Gasteiger partial charge in [0.1, 0.15) is 0 Å². The van der Waals surface area contributed by atoms with E-state index in [4.69, 9.17) is 0 Å². The number of amides is 1. The molecule has 7 nitrogen and oxygen atoms in total. The summed E-state index contributed by atoms with van der Waals surface area (Å²) in [5, 5.41) is 13.8. The summed E-state index contributed by atoms with van der Waals surface area (Å²) in [4.78, 5) is 50.4. The highest BCUT2D eigenvalue weighted by molar-refractivity contribution is 7.18. The van der Waals surface area contributed by atoms with Gasteiger partial charge in [-0.1, -0.05) is 53.8 Å². The normalized spacial score (nSPS) is 15.9. The number of ketones is 2. The first-order chi connectivity index (χ1) is 16.7. The highest BCUT2D eigenvalue weighted by Gasteiger charge is 2.47. The van der Waals surface area contributed by atoms with Crippen LogP contribution in [0.5, 0.6) is 0 Å². The van der Waals surface area contributed by atoms with Crippen LogP contribution in [-0.4, -0.2) is 32.5 Å². The van der Waals surface area contributed by atoms with Gasteiger partial charge in [0.15, 0.2) is 16.7 Å². The third-order valence-corrected chi connectivity index (χ3v) is 8.32. The number of carbonyl (C=O) groups excluding carboxylic acids is 3. The van der Waals surface area contributed by atoms with Crippen LogP contribution in [-0.2, 0) is 4.79 Å². The Bertz CT molecular complexity index is 1580.